The zero-order valence-electron chi connectivity index (χ0n) is 10.2. The lowest BCUT2D eigenvalue weighted by Gasteiger charge is -2.05. The molecule has 2 aromatic rings. The van der Waals surface area contributed by atoms with Crippen molar-refractivity contribution in [1.82, 2.24) is 9.97 Å². The lowest BCUT2D eigenvalue weighted by molar-refractivity contribution is 0.0690. The van der Waals surface area contributed by atoms with Crippen LogP contribution >= 0.6 is 11.6 Å². The summed E-state index contributed by atoms with van der Waals surface area (Å²) in [5.74, 6) is -1.17. The Morgan fingerprint density at radius 1 is 1.25 bits per heavy atom. The van der Waals surface area contributed by atoms with E-state index in [9.17, 15) is 13.2 Å². The van der Waals surface area contributed by atoms with Crippen LogP contribution in [-0.4, -0.2) is 35.7 Å². The van der Waals surface area contributed by atoms with Crippen LogP contribution < -0.4 is 0 Å². The van der Waals surface area contributed by atoms with E-state index in [1.165, 1.54) is 24.3 Å². The quantitative estimate of drug-likeness (QED) is 0.929. The molecule has 0 unspecified atom stereocenters. The van der Waals surface area contributed by atoms with Crippen molar-refractivity contribution in [2.75, 3.05) is 6.26 Å². The van der Waals surface area contributed by atoms with E-state index in [1.54, 1.807) is 0 Å². The molecule has 1 aromatic carbocycles. The summed E-state index contributed by atoms with van der Waals surface area (Å²) >= 11 is 5.93. The van der Waals surface area contributed by atoms with Crippen molar-refractivity contribution >= 4 is 27.4 Å². The predicted octanol–water partition coefficient (Wildman–Crippen LogP) is 1.90. The van der Waals surface area contributed by atoms with Crippen molar-refractivity contribution in [1.29, 1.82) is 0 Å². The van der Waals surface area contributed by atoms with Gasteiger partial charge in [-0.1, -0.05) is 17.7 Å². The Labute approximate surface area is 120 Å². The Balaban J connectivity index is 2.52. The topological polar surface area (TPSA) is 97.2 Å². The van der Waals surface area contributed by atoms with Crippen LogP contribution in [0.3, 0.4) is 0 Å². The molecule has 8 heteroatoms. The Hall–Kier alpha value is -1.99. The van der Waals surface area contributed by atoms with Gasteiger partial charge in [-0.3, -0.25) is 0 Å². The number of aromatic carboxylic acids is 1. The van der Waals surface area contributed by atoms with Gasteiger partial charge in [0.05, 0.1) is 15.6 Å². The minimum absolute atomic E-state index is 0.00966. The summed E-state index contributed by atoms with van der Waals surface area (Å²) < 4.78 is 22.9. The second-order valence-electron chi connectivity index (χ2n) is 4.01. The van der Waals surface area contributed by atoms with Gasteiger partial charge in [-0.2, -0.15) is 0 Å². The number of rotatable bonds is 3. The largest absolute Gasteiger partial charge is 0.477 e. The number of carboxylic acid groups (broad SMARTS) is 1. The van der Waals surface area contributed by atoms with Gasteiger partial charge in [0.1, 0.15) is 6.33 Å². The maximum absolute atomic E-state index is 11.5. The van der Waals surface area contributed by atoms with E-state index in [4.69, 9.17) is 16.7 Å². The fraction of sp³-hybridized carbons (Fsp3) is 0.0833. The summed E-state index contributed by atoms with van der Waals surface area (Å²) in [5, 5.41) is 8.92. The number of sulfone groups is 1. The van der Waals surface area contributed by atoms with Crippen LogP contribution in [0.15, 0.2) is 35.5 Å². The molecule has 0 bridgehead atoms. The van der Waals surface area contributed by atoms with Crippen molar-refractivity contribution in [3.63, 3.8) is 0 Å². The zero-order chi connectivity index (χ0) is 14.9. The van der Waals surface area contributed by atoms with E-state index in [0.717, 1.165) is 12.6 Å². The molecular formula is C12H9ClN2O4S. The summed E-state index contributed by atoms with van der Waals surface area (Å²) in [4.78, 5) is 18.4. The van der Waals surface area contributed by atoms with Gasteiger partial charge in [-0.05, 0) is 18.2 Å². The summed E-state index contributed by atoms with van der Waals surface area (Å²) in [5.41, 5.74) is 0.699. The van der Waals surface area contributed by atoms with Crippen molar-refractivity contribution in [2.24, 2.45) is 0 Å². The number of aromatic nitrogens is 2. The highest BCUT2D eigenvalue weighted by molar-refractivity contribution is 7.90. The van der Waals surface area contributed by atoms with Gasteiger partial charge in [-0.15, -0.1) is 0 Å². The maximum Gasteiger partial charge on any atom is 0.354 e. The standard InChI is InChI=1S/C12H9ClN2O4S/c1-20(18,19)11-3-2-7(4-8(11)13)9-5-10(12(16)17)15-6-14-9/h2-6H,1H3,(H,16,17). The lowest BCUT2D eigenvalue weighted by atomic mass is 10.1. The smallest absolute Gasteiger partial charge is 0.354 e. The molecule has 1 heterocycles. The van der Waals surface area contributed by atoms with Gasteiger partial charge in [0.15, 0.2) is 15.5 Å². The molecule has 1 aromatic heterocycles. The molecule has 0 aliphatic carbocycles. The van der Waals surface area contributed by atoms with Gasteiger partial charge in [0.2, 0.25) is 0 Å². The average Bonchev–Trinajstić information content (AvgIpc) is 2.37. The molecule has 0 amide bonds. The van der Waals surface area contributed by atoms with Crippen LogP contribution in [-0.2, 0) is 9.84 Å². The number of carboxylic acids is 1. The van der Waals surface area contributed by atoms with Gasteiger partial charge in [0.25, 0.3) is 0 Å². The normalized spacial score (nSPS) is 11.3. The SMILES string of the molecule is CS(=O)(=O)c1ccc(-c2cc(C(=O)O)ncn2)cc1Cl. The van der Waals surface area contributed by atoms with Gasteiger partial charge < -0.3 is 5.11 Å². The highest BCUT2D eigenvalue weighted by atomic mass is 35.5. The van der Waals surface area contributed by atoms with E-state index in [2.05, 4.69) is 9.97 Å². The molecule has 2 rings (SSSR count). The van der Waals surface area contributed by atoms with E-state index in [1.807, 2.05) is 0 Å². The number of hydrogen-bond donors (Lipinski definition) is 1. The molecule has 6 nitrogen and oxygen atoms in total. The molecule has 0 aliphatic rings. The maximum atomic E-state index is 11.5. The summed E-state index contributed by atoms with van der Waals surface area (Å²) in [6.07, 6.45) is 2.18. The van der Waals surface area contributed by atoms with Crippen LogP contribution in [0.5, 0.6) is 0 Å². The number of carbonyl (C=O) groups is 1. The minimum atomic E-state index is -3.41. The first-order chi connectivity index (χ1) is 9.29. The Kier molecular flexibility index (Phi) is 3.74. The average molecular weight is 313 g/mol. The van der Waals surface area contributed by atoms with Crippen LogP contribution in [0.4, 0.5) is 0 Å². The first-order valence-electron chi connectivity index (χ1n) is 5.34. The van der Waals surface area contributed by atoms with E-state index in [0.29, 0.717) is 11.3 Å². The molecule has 0 saturated carbocycles. The summed E-state index contributed by atoms with van der Waals surface area (Å²) in [6.45, 7) is 0. The highest BCUT2D eigenvalue weighted by Crippen LogP contribution is 2.27. The zero-order valence-corrected chi connectivity index (χ0v) is 11.8. The third-order valence-corrected chi connectivity index (χ3v) is 4.09. The Bertz CT molecular complexity index is 790. The number of halogens is 1. The Morgan fingerprint density at radius 3 is 2.50 bits per heavy atom. The molecule has 0 atom stereocenters. The van der Waals surface area contributed by atoms with Gasteiger partial charge in [-0.25, -0.2) is 23.2 Å². The van der Waals surface area contributed by atoms with E-state index in [-0.39, 0.29) is 15.6 Å². The fourth-order valence-electron chi connectivity index (χ4n) is 1.59. The minimum Gasteiger partial charge on any atom is -0.477 e. The van der Waals surface area contributed by atoms with Crippen LogP contribution in [0, 0.1) is 0 Å². The van der Waals surface area contributed by atoms with Crippen molar-refractivity contribution < 1.29 is 18.3 Å². The first kappa shape index (κ1) is 14.4. The molecular weight excluding hydrogens is 304 g/mol. The molecule has 0 fully saturated rings. The first-order valence-corrected chi connectivity index (χ1v) is 7.61. The van der Waals surface area contributed by atoms with E-state index >= 15 is 0 Å². The van der Waals surface area contributed by atoms with Crippen molar-refractivity contribution in [3.8, 4) is 11.3 Å². The van der Waals surface area contributed by atoms with Gasteiger partial charge >= 0.3 is 5.97 Å². The van der Waals surface area contributed by atoms with Crippen LogP contribution in [0.2, 0.25) is 5.02 Å². The predicted molar refractivity (Wildman–Crippen MR) is 72.5 cm³/mol. The van der Waals surface area contributed by atoms with Gasteiger partial charge in [0, 0.05) is 11.8 Å². The van der Waals surface area contributed by atoms with Crippen LogP contribution in [0.1, 0.15) is 10.5 Å². The third-order valence-electron chi connectivity index (χ3n) is 2.51. The summed E-state index contributed by atoms with van der Waals surface area (Å²) in [7, 11) is -3.41. The second kappa shape index (κ2) is 5.18. The molecule has 0 radical (unpaired) electrons. The molecule has 1 N–H and O–H groups in total. The number of nitrogens with zero attached hydrogens (tertiary/aromatic N) is 2. The monoisotopic (exact) mass is 312 g/mol. The highest BCUT2D eigenvalue weighted by Gasteiger charge is 2.14. The second-order valence-corrected chi connectivity index (χ2v) is 6.40. The summed E-state index contributed by atoms with van der Waals surface area (Å²) in [6, 6.07) is 5.58. The number of benzene rings is 1. The van der Waals surface area contributed by atoms with Crippen LogP contribution in [0.25, 0.3) is 11.3 Å². The molecule has 0 saturated heterocycles. The third kappa shape index (κ3) is 2.94. The Morgan fingerprint density at radius 2 is 1.95 bits per heavy atom. The number of hydrogen-bond acceptors (Lipinski definition) is 5. The fourth-order valence-corrected chi connectivity index (χ4v) is 2.92. The molecule has 0 spiro atoms. The molecule has 104 valence electrons. The molecule has 0 aliphatic heterocycles. The lowest BCUT2D eigenvalue weighted by Crippen LogP contribution is -2.02. The van der Waals surface area contributed by atoms with Crippen molar-refractivity contribution in [3.05, 3.63) is 41.3 Å². The molecule has 20 heavy (non-hydrogen) atoms. The van der Waals surface area contributed by atoms with Crippen molar-refractivity contribution in [2.45, 2.75) is 4.90 Å². The van der Waals surface area contributed by atoms with E-state index < -0.39 is 15.8 Å².